The van der Waals surface area contributed by atoms with E-state index in [9.17, 15) is 13.2 Å². The number of rotatable bonds is 5. The summed E-state index contributed by atoms with van der Waals surface area (Å²) in [5, 5.41) is 9.01. The Morgan fingerprint density at radius 3 is 2.33 bits per heavy atom. The summed E-state index contributed by atoms with van der Waals surface area (Å²) in [5.41, 5.74) is 1.29. The Kier molecular flexibility index (Phi) is 5.17. The maximum Gasteiger partial charge on any atom is 0.321 e. The van der Waals surface area contributed by atoms with Gasteiger partial charge in [-0.05, 0) is 36.0 Å². The van der Waals surface area contributed by atoms with Crippen molar-refractivity contribution >= 4 is 16.0 Å². The third kappa shape index (κ3) is 4.28. The first-order chi connectivity index (χ1) is 9.49. The SMILES string of the molecule is CCC(NS(=O)(=O)c1cc(C(C)(C)C)ccc1C)C(=O)O. The van der Waals surface area contributed by atoms with Gasteiger partial charge in [-0.15, -0.1) is 0 Å². The first kappa shape index (κ1) is 17.7. The number of nitrogens with one attached hydrogen (secondary N) is 1. The number of aliphatic carboxylic acids is 1. The molecule has 1 rings (SSSR count). The number of benzene rings is 1. The lowest BCUT2D eigenvalue weighted by atomic mass is 9.87. The summed E-state index contributed by atoms with van der Waals surface area (Å²) >= 11 is 0. The molecule has 0 aromatic heterocycles. The number of sulfonamides is 1. The third-order valence-electron chi connectivity index (χ3n) is 3.35. The summed E-state index contributed by atoms with van der Waals surface area (Å²) in [4.78, 5) is 11.2. The highest BCUT2D eigenvalue weighted by Gasteiger charge is 2.26. The standard InChI is InChI=1S/C15H23NO4S/c1-6-12(14(17)18)16-21(19,20)13-9-11(15(3,4)5)8-7-10(13)2/h7-9,12,16H,6H2,1-5H3,(H,17,18). The predicted molar refractivity (Wildman–Crippen MR) is 81.9 cm³/mol. The van der Waals surface area contributed by atoms with Crippen LogP contribution in [0.5, 0.6) is 0 Å². The minimum Gasteiger partial charge on any atom is -0.480 e. The van der Waals surface area contributed by atoms with Gasteiger partial charge in [-0.25, -0.2) is 8.42 Å². The van der Waals surface area contributed by atoms with E-state index in [4.69, 9.17) is 5.11 Å². The lowest BCUT2D eigenvalue weighted by Gasteiger charge is -2.21. The topological polar surface area (TPSA) is 83.5 Å². The molecule has 1 aromatic rings. The Morgan fingerprint density at radius 2 is 1.90 bits per heavy atom. The molecule has 2 N–H and O–H groups in total. The molecule has 0 aliphatic rings. The van der Waals surface area contributed by atoms with Crippen LogP contribution in [0.1, 0.15) is 45.2 Å². The van der Waals surface area contributed by atoms with Crippen LogP contribution in [0, 0.1) is 6.92 Å². The van der Waals surface area contributed by atoms with Crippen LogP contribution >= 0.6 is 0 Å². The number of aryl methyl sites for hydroxylation is 1. The molecule has 0 fully saturated rings. The van der Waals surface area contributed by atoms with Crippen LogP contribution in [0.4, 0.5) is 0 Å². The van der Waals surface area contributed by atoms with Crippen LogP contribution in [0.15, 0.2) is 23.1 Å². The maximum atomic E-state index is 12.4. The number of hydrogen-bond donors (Lipinski definition) is 2. The summed E-state index contributed by atoms with van der Waals surface area (Å²) in [6, 6.07) is 4.14. The van der Waals surface area contributed by atoms with Gasteiger partial charge in [0.15, 0.2) is 0 Å². The van der Waals surface area contributed by atoms with E-state index in [1.54, 1.807) is 26.0 Å². The van der Waals surface area contributed by atoms with Crippen molar-refractivity contribution in [1.82, 2.24) is 4.72 Å². The van der Waals surface area contributed by atoms with Crippen molar-refractivity contribution in [2.45, 2.75) is 57.4 Å². The van der Waals surface area contributed by atoms with Crippen LogP contribution in [-0.2, 0) is 20.2 Å². The molecule has 118 valence electrons. The minimum atomic E-state index is -3.86. The van der Waals surface area contributed by atoms with Gasteiger partial charge < -0.3 is 5.11 Å². The first-order valence-electron chi connectivity index (χ1n) is 6.85. The van der Waals surface area contributed by atoms with E-state index in [1.165, 1.54) is 0 Å². The highest BCUT2D eigenvalue weighted by molar-refractivity contribution is 7.89. The van der Waals surface area contributed by atoms with E-state index in [0.717, 1.165) is 5.56 Å². The van der Waals surface area contributed by atoms with Crippen molar-refractivity contribution in [1.29, 1.82) is 0 Å². The van der Waals surface area contributed by atoms with Crippen molar-refractivity contribution in [3.8, 4) is 0 Å². The molecule has 0 saturated heterocycles. The summed E-state index contributed by atoms with van der Waals surface area (Å²) in [6.45, 7) is 9.30. The molecule has 0 amide bonds. The quantitative estimate of drug-likeness (QED) is 0.874. The first-order valence-corrected chi connectivity index (χ1v) is 8.33. The molecule has 0 aliphatic carbocycles. The highest BCUT2D eigenvalue weighted by atomic mass is 32.2. The molecule has 1 atom stereocenters. The molecular formula is C15H23NO4S. The van der Waals surface area contributed by atoms with Crippen molar-refractivity contribution < 1.29 is 18.3 Å². The Bertz CT molecular complexity index is 630. The van der Waals surface area contributed by atoms with Crippen molar-refractivity contribution in [3.05, 3.63) is 29.3 Å². The fraction of sp³-hybridized carbons (Fsp3) is 0.533. The van der Waals surface area contributed by atoms with E-state index in [1.807, 2.05) is 26.8 Å². The van der Waals surface area contributed by atoms with Gasteiger partial charge in [0.25, 0.3) is 0 Å². The molecule has 0 aliphatic heterocycles. The van der Waals surface area contributed by atoms with E-state index in [0.29, 0.717) is 5.56 Å². The normalized spacial score (nSPS) is 14.0. The van der Waals surface area contributed by atoms with Gasteiger partial charge >= 0.3 is 5.97 Å². The zero-order valence-corrected chi connectivity index (χ0v) is 13.9. The molecular weight excluding hydrogens is 290 g/mol. The second-order valence-corrected chi connectivity index (χ2v) is 7.83. The summed E-state index contributed by atoms with van der Waals surface area (Å²) < 4.78 is 27.1. The van der Waals surface area contributed by atoms with Gasteiger partial charge in [0.2, 0.25) is 10.0 Å². The molecule has 0 heterocycles. The third-order valence-corrected chi connectivity index (χ3v) is 4.96. The number of carboxylic acid groups (broad SMARTS) is 1. The molecule has 0 bridgehead atoms. The molecule has 5 nitrogen and oxygen atoms in total. The maximum absolute atomic E-state index is 12.4. The lowest BCUT2D eigenvalue weighted by Crippen LogP contribution is -2.40. The minimum absolute atomic E-state index is 0.134. The van der Waals surface area contributed by atoms with Gasteiger partial charge in [-0.1, -0.05) is 39.8 Å². The smallest absolute Gasteiger partial charge is 0.321 e. The van der Waals surface area contributed by atoms with Crippen molar-refractivity contribution in [2.24, 2.45) is 0 Å². The van der Waals surface area contributed by atoms with Gasteiger partial charge in [0.1, 0.15) is 6.04 Å². The molecule has 21 heavy (non-hydrogen) atoms. The molecule has 0 spiro atoms. The Morgan fingerprint density at radius 1 is 1.33 bits per heavy atom. The van der Waals surface area contributed by atoms with E-state index >= 15 is 0 Å². The second-order valence-electron chi connectivity index (χ2n) is 6.15. The van der Waals surface area contributed by atoms with Crippen LogP contribution < -0.4 is 4.72 Å². The highest BCUT2D eigenvalue weighted by Crippen LogP contribution is 2.26. The molecule has 0 radical (unpaired) electrons. The van der Waals surface area contributed by atoms with Gasteiger partial charge in [0.05, 0.1) is 4.90 Å². The van der Waals surface area contributed by atoms with E-state index in [2.05, 4.69) is 4.72 Å². The summed E-state index contributed by atoms with van der Waals surface area (Å²) in [6.07, 6.45) is 0.187. The van der Waals surface area contributed by atoms with Crippen molar-refractivity contribution in [3.63, 3.8) is 0 Å². The average Bonchev–Trinajstić information content (AvgIpc) is 2.34. The molecule has 1 aromatic carbocycles. The molecule has 0 saturated carbocycles. The predicted octanol–water partition coefficient (Wildman–Crippen LogP) is 2.43. The van der Waals surface area contributed by atoms with Crippen LogP contribution in [0.2, 0.25) is 0 Å². The Hall–Kier alpha value is -1.40. The van der Waals surface area contributed by atoms with Gasteiger partial charge in [0, 0.05) is 0 Å². The molecule has 1 unspecified atom stereocenters. The molecule has 6 heteroatoms. The van der Waals surface area contributed by atoms with E-state index < -0.39 is 22.0 Å². The fourth-order valence-electron chi connectivity index (χ4n) is 1.92. The Balaban J connectivity index is 3.28. The zero-order chi connectivity index (χ0) is 16.4. The lowest BCUT2D eigenvalue weighted by molar-refractivity contribution is -0.139. The fourth-order valence-corrected chi connectivity index (χ4v) is 3.46. The number of hydrogen-bond acceptors (Lipinski definition) is 3. The second kappa shape index (κ2) is 6.15. The van der Waals surface area contributed by atoms with Crippen LogP contribution in [0.25, 0.3) is 0 Å². The zero-order valence-electron chi connectivity index (χ0n) is 13.1. The van der Waals surface area contributed by atoms with E-state index in [-0.39, 0.29) is 16.7 Å². The largest absolute Gasteiger partial charge is 0.480 e. The van der Waals surface area contributed by atoms with Crippen molar-refractivity contribution in [2.75, 3.05) is 0 Å². The summed E-state index contributed by atoms with van der Waals surface area (Å²) in [7, 11) is -3.86. The van der Waals surface area contributed by atoms with Crippen LogP contribution in [-0.4, -0.2) is 25.5 Å². The monoisotopic (exact) mass is 313 g/mol. The summed E-state index contributed by atoms with van der Waals surface area (Å²) in [5.74, 6) is -1.18. The number of carbonyl (C=O) groups is 1. The Labute approximate surface area is 126 Å². The van der Waals surface area contributed by atoms with Crippen LogP contribution in [0.3, 0.4) is 0 Å². The average molecular weight is 313 g/mol. The number of carboxylic acids is 1. The van der Waals surface area contributed by atoms with Gasteiger partial charge in [-0.2, -0.15) is 4.72 Å². The van der Waals surface area contributed by atoms with Gasteiger partial charge in [-0.3, -0.25) is 4.79 Å².